The van der Waals surface area contributed by atoms with Gasteiger partial charge in [0.25, 0.3) is 0 Å². The van der Waals surface area contributed by atoms with Crippen molar-refractivity contribution >= 4 is 39.9 Å². The van der Waals surface area contributed by atoms with Crippen LogP contribution in [0.1, 0.15) is 12.8 Å². The molecule has 0 saturated carbocycles. The van der Waals surface area contributed by atoms with Crippen LogP contribution < -0.4 is 19.5 Å². The number of anilines is 2. The van der Waals surface area contributed by atoms with E-state index < -0.39 is 5.82 Å². The number of amides is 1. The lowest BCUT2D eigenvalue weighted by Crippen LogP contribution is -2.41. The summed E-state index contributed by atoms with van der Waals surface area (Å²) in [6.45, 7) is 4.70. The maximum absolute atomic E-state index is 15.3. The molecule has 1 amide bonds. The van der Waals surface area contributed by atoms with Gasteiger partial charge in [-0.15, -0.1) is 5.10 Å². The van der Waals surface area contributed by atoms with Gasteiger partial charge in [0.15, 0.2) is 11.5 Å². The van der Waals surface area contributed by atoms with E-state index in [0.717, 1.165) is 0 Å². The number of pyridine rings is 1. The lowest BCUT2D eigenvalue weighted by Gasteiger charge is -2.31. The quantitative estimate of drug-likeness (QED) is 0.155. The zero-order valence-electron chi connectivity index (χ0n) is 23.6. The van der Waals surface area contributed by atoms with Crippen molar-refractivity contribution in [2.75, 3.05) is 25.5 Å². The van der Waals surface area contributed by atoms with E-state index in [1.165, 1.54) is 18.5 Å². The van der Waals surface area contributed by atoms with E-state index in [2.05, 4.69) is 31.9 Å². The third-order valence-corrected chi connectivity index (χ3v) is 7.30. The molecular weight excluding hydrogens is 589 g/mol. The SMILES string of the molecule is C=CC(=O)N1CCC(Oc2cc3c(Nc4ccc(Oc5ccn(-c6ccnc(Cl)c6)n5)cc4F)ncnc3cc2OC)CC1. The molecule has 13 heteroatoms. The maximum Gasteiger partial charge on any atom is 0.245 e. The number of aromatic nitrogens is 5. The molecular formula is C31H27ClFN7O4. The molecule has 0 aliphatic carbocycles. The average Bonchev–Trinajstić information content (AvgIpc) is 3.51. The third kappa shape index (κ3) is 6.25. The van der Waals surface area contributed by atoms with Crippen molar-refractivity contribution in [2.45, 2.75) is 18.9 Å². The standard InChI is InChI=1S/C31H27ClFN7O4/c1-3-30(41)39-11-7-20(8-12-39)43-27-16-22-25(17-26(27)42-2)35-18-36-31(22)37-24-5-4-21(15-23(24)33)44-29-9-13-40(38-29)19-6-10-34-28(32)14-19/h3-6,9-10,13-18,20H,1,7-8,11-12H2,2H3,(H,35,36,37). The van der Waals surface area contributed by atoms with E-state index in [1.54, 1.807) is 71.5 Å². The molecule has 0 radical (unpaired) electrons. The van der Waals surface area contributed by atoms with E-state index in [-0.39, 0.29) is 29.3 Å². The summed E-state index contributed by atoms with van der Waals surface area (Å²) in [7, 11) is 1.55. The summed E-state index contributed by atoms with van der Waals surface area (Å²) in [6.07, 6.45) is 7.19. The van der Waals surface area contributed by atoms with Gasteiger partial charge >= 0.3 is 0 Å². The Bertz CT molecular complexity index is 1840. The molecule has 44 heavy (non-hydrogen) atoms. The van der Waals surface area contributed by atoms with Crippen molar-refractivity contribution in [1.82, 2.24) is 29.6 Å². The van der Waals surface area contributed by atoms with Crippen molar-refractivity contribution < 1.29 is 23.4 Å². The van der Waals surface area contributed by atoms with E-state index in [1.807, 2.05) is 0 Å². The average molecular weight is 616 g/mol. The molecule has 2 aromatic carbocycles. The molecule has 0 atom stereocenters. The molecule has 5 aromatic rings. The van der Waals surface area contributed by atoms with Gasteiger partial charge in [0, 0.05) is 68.0 Å². The number of fused-ring (bicyclic) bond motifs is 1. The summed E-state index contributed by atoms with van der Waals surface area (Å²) in [5.74, 6) is 1.29. The fraction of sp³-hybridized carbons (Fsp3) is 0.194. The van der Waals surface area contributed by atoms with Crippen LogP contribution in [-0.4, -0.2) is 61.8 Å². The highest BCUT2D eigenvalue weighted by atomic mass is 35.5. The summed E-state index contributed by atoms with van der Waals surface area (Å²) < 4.78 is 34.5. The Kier molecular flexibility index (Phi) is 8.24. The number of methoxy groups -OCH3 is 1. The van der Waals surface area contributed by atoms with Gasteiger partial charge in [0.1, 0.15) is 35.0 Å². The zero-order valence-corrected chi connectivity index (χ0v) is 24.4. The highest BCUT2D eigenvalue weighted by molar-refractivity contribution is 6.29. The lowest BCUT2D eigenvalue weighted by molar-refractivity contribution is -0.127. The van der Waals surface area contributed by atoms with Crippen LogP contribution in [0, 0.1) is 5.82 Å². The fourth-order valence-electron chi connectivity index (χ4n) is 4.87. The number of rotatable bonds is 9. The van der Waals surface area contributed by atoms with E-state index >= 15 is 4.39 Å². The van der Waals surface area contributed by atoms with Crippen LogP contribution in [0.4, 0.5) is 15.9 Å². The number of carbonyl (C=O) groups is 1. The fourth-order valence-corrected chi connectivity index (χ4v) is 5.04. The molecule has 3 aromatic heterocycles. The molecule has 6 rings (SSSR count). The summed E-state index contributed by atoms with van der Waals surface area (Å²) in [5.41, 5.74) is 1.48. The van der Waals surface area contributed by atoms with Crippen molar-refractivity contribution in [3.63, 3.8) is 0 Å². The first-order chi connectivity index (χ1) is 21.4. The predicted molar refractivity (Wildman–Crippen MR) is 163 cm³/mol. The Morgan fingerprint density at radius 3 is 2.68 bits per heavy atom. The smallest absolute Gasteiger partial charge is 0.245 e. The van der Waals surface area contributed by atoms with Crippen molar-refractivity contribution in [2.24, 2.45) is 0 Å². The van der Waals surface area contributed by atoms with Gasteiger partial charge < -0.3 is 24.4 Å². The Morgan fingerprint density at radius 2 is 1.93 bits per heavy atom. The largest absolute Gasteiger partial charge is 0.493 e. The predicted octanol–water partition coefficient (Wildman–Crippen LogP) is 6.10. The van der Waals surface area contributed by atoms with Crippen LogP contribution in [0.25, 0.3) is 16.6 Å². The second kappa shape index (κ2) is 12.6. The molecule has 0 unspecified atom stereocenters. The first-order valence-corrected chi connectivity index (χ1v) is 14.1. The van der Waals surface area contributed by atoms with Gasteiger partial charge in [0.05, 0.1) is 24.0 Å². The van der Waals surface area contributed by atoms with Gasteiger partial charge in [-0.05, 0) is 30.3 Å². The highest BCUT2D eigenvalue weighted by Crippen LogP contribution is 2.37. The van der Waals surface area contributed by atoms with Crippen molar-refractivity contribution in [3.05, 3.63) is 90.9 Å². The highest BCUT2D eigenvalue weighted by Gasteiger charge is 2.24. The van der Waals surface area contributed by atoms with Gasteiger partial charge in [0.2, 0.25) is 11.8 Å². The van der Waals surface area contributed by atoms with Crippen LogP contribution in [-0.2, 0) is 4.79 Å². The second-order valence-corrected chi connectivity index (χ2v) is 10.3. The first-order valence-electron chi connectivity index (χ1n) is 13.7. The lowest BCUT2D eigenvalue weighted by atomic mass is 10.1. The molecule has 11 nitrogen and oxygen atoms in total. The van der Waals surface area contributed by atoms with Gasteiger partial charge in [-0.2, -0.15) is 0 Å². The number of likely N-dealkylation sites (tertiary alicyclic amines) is 1. The van der Waals surface area contributed by atoms with Crippen LogP contribution in [0.3, 0.4) is 0 Å². The van der Waals surface area contributed by atoms with E-state index in [4.69, 9.17) is 25.8 Å². The number of carbonyl (C=O) groups excluding carboxylic acids is 1. The summed E-state index contributed by atoms with van der Waals surface area (Å²) in [4.78, 5) is 26.4. The summed E-state index contributed by atoms with van der Waals surface area (Å²) in [5, 5.41) is 8.37. The van der Waals surface area contributed by atoms with Crippen LogP contribution in [0.2, 0.25) is 5.15 Å². The van der Waals surface area contributed by atoms with Gasteiger partial charge in [-0.1, -0.05) is 18.2 Å². The number of piperidine rings is 1. The normalized spacial score (nSPS) is 13.5. The molecule has 1 N–H and O–H groups in total. The van der Waals surface area contributed by atoms with Crippen LogP contribution in [0.15, 0.2) is 79.9 Å². The summed E-state index contributed by atoms with van der Waals surface area (Å²) in [6, 6.07) is 13.0. The Labute approximate surface area is 256 Å². The zero-order chi connectivity index (χ0) is 30.6. The molecule has 1 aliphatic rings. The van der Waals surface area contributed by atoms with Gasteiger partial charge in [-0.3, -0.25) is 4.79 Å². The number of ether oxygens (including phenoxy) is 3. The number of nitrogens with zero attached hydrogens (tertiary/aromatic N) is 6. The second-order valence-electron chi connectivity index (χ2n) is 9.89. The maximum atomic E-state index is 15.3. The molecule has 1 fully saturated rings. The van der Waals surface area contributed by atoms with E-state index in [0.29, 0.717) is 65.0 Å². The van der Waals surface area contributed by atoms with Crippen molar-refractivity contribution in [1.29, 1.82) is 0 Å². The molecule has 0 spiro atoms. The number of halogens is 2. The van der Waals surface area contributed by atoms with Gasteiger partial charge in [-0.25, -0.2) is 24.0 Å². The topological polar surface area (TPSA) is 117 Å². The Balaban J connectivity index is 1.19. The molecule has 4 heterocycles. The first kappa shape index (κ1) is 28.9. The Morgan fingerprint density at radius 1 is 1.09 bits per heavy atom. The minimum atomic E-state index is -0.555. The van der Waals surface area contributed by atoms with E-state index in [9.17, 15) is 4.79 Å². The number of nitrogens with one attached hydrogen (secondary N) is 1. The minimum absolute atomic E-state index is 0.0889. The van der Waals surface area contributed by atoms with Crippen molar-refractivity contribution in [3.8, 4) is 28.8 Å². The monoisotopic (exact) mass is 615 g/mol. The Hall–Kier alpha value is -5.23. The molecule has 1 saturated heterocycles. The molecule has 1 aliphatic heterocycles. The third-order valence-electron chi connectivity index (χ3n) is 7.10. The number of benzene rings is 2. The molecule has 224 valence electrons. The molecule has 0 bridgehead atoms. The minimum Gasteiger partial charge on any atom is -0.493 e. The van der Waals surface area contributed by atoms with Crippen LogP contribution >= 0.6 is 11.6 Å². The number of hydrogen-bond acceptors (Lipinski definition) is 9. The number of hydrogen-bond donors (Lipinski definition) is 1. The van der Waals surface area contributed by atoms with Crippen LogP contribution in [0.5, 0.6) is 23.1 Å². The summed E-state index contributed by atoms with van der Waals surface area (Å²) >= 11 is 5.97.